The summed E-state index contributed by atoms with van der Waals surface area (Å²) < 4.78 is 4.46. The second-order valence-electron chi connectivity index (χ2n) is 7.76. The summed E-state index contributed by atoms with van der Waals surface area (Å²) in [5.74, 6) is 1.96. The van der Waals surface area contributed by atoms with Gasteiger partial charge in [0.15, 0.2) is 0 Å². The number of carbonyl (C=O) groups excluding carboxylic acids is 1. The Bertz CT molecular complexity index is 1020. The molecule has 0 unspecified atom stereocenters. The lowest BCUT2D eigenvalue weighted by molar-refractivity contribution is -0.121. The Balaban J connectivity index is 1.86. The van der Waals surface area contributed by atoms with Crippen LogP contribution in [0.15, 0.2) is 16.2 Å². The summed E-state index contributed by atoms with van der Waals surface area (Å²) in [5, 5.41) is 13.6. The van der Waals surface area contributed by atoms with E-state index < -0.39 is 0 Å². The van der Waals surface area contributed by atoms with E-state index in [1.54, 1.807) is 4.57 Å². The molecule has 0 bridgehead atoms. The normalized spacial score (nSPS) is 12.9. The minimum Gasteiger partial charge on any atom is -0.354 e. The molecule has 7 nitrogen and oxygen atoms in total. The highest BCUT2D eigenvalue weighted by Gasteiger charge is 2.17. The fraction of sp³-hybridized carbons (Fsp3) is 0.600. The molecule has 3 aromatic rings. The molecule has 1 N–H and O–H groups in total. The molecule has 0 saturated heterocycles. The Morgan fingerprint density at radius 1 is 1.29 bits per heavy atom. The van der Waals surface area contributed by atoms with E-state index in [4.69, 9.17) is 0 Å². The predicted molar refractivity (Wildman–Crippen MR) is 113 cm³/mol. The van der Waals surface area contributed by atoms with Gasteiger partial charge in [0.25, 0.3) is 5.56 Å². The SMILES string of the molecule is CC[C@H](C)NC(=O)CCCc1nnc2n(CCC(C)C)c(=O)c3sccc3n12. The van der Waals surface area contributed by atoms with E-state index >= 15 is 0 Å². The van der Waals surface area contributed by atoms with E-state index in [0.29, 0.717) is 37.5 Å². The van der Waals surface area contributed by atoms with Crippen molar-refractivity contribution in [2.24, 2.45) is 5.92 Å². The lowest BCUT2D eigenvalue weighted by Gasteiger charge is -2.11. The zero-order chi connectivity index (χ0) is 20.3. The predicted octanol–water partition coefficient (Wildman–Crippen LogP) is 3.39. The van der Waals surface area contributed by atoms with Crippen molar-refractivity contribution in [2.45, 2.75) is 72.4 Å². The first kappa shape index (κ1) is 20.5. The molecule has 0 aliphatic rings. The molecule has 0 aliphatic heterocycles. The minimum atomic E-state index is 0.00466. The molecule has 28 heavy (non-hydrogen) atoms. The van der Waals surface area contributed by atoms with Gasteiger partial charge in [-0.3, -0.25) is 18.6 Å². The van der Waals surface area contributed by atoms with E-state index in [0.717, 1.165) is 28.9 Å². The summed E-state index contributed by atoms with van der Waals surface area (Å²) in [4.78, 5) is 24.9. The van der Waals surface area contributed by atoms with E-state index in [1.807, 2.05) is 22.8 Å². The first-order chi connectivity index (χ1) is 13.4. The minimum absolute atomic E-state index is 0.00466. The third-order valence-corrected chi connectivity index (χ3v) is 5.92. The van der Waals surface area contributed by atoms with Crippen LogP contribution in [0.4, 0.5) is 0 Å². The van der Waals surface area contributed by atoms with Crippen LogP contribution in [0.1, 0.15) is 59.2 Å². The topological polar surface area (TPSA) is 81.3 Å². The molecule has 0 fully saturated rings. The van der Waals surface area contributed by atoms with Crippen LogP contribution in [-0.2, 0) is 17.8 Å². The van der Waals surface area contributed by atoms with E-state index in [2.05, 4.69) is 36.3 Å². The Morgan fingerprint density at radius 2 is 2.07 bits per heavy atom. The number of rotatable bonds is 9. The lowest BCUT2D eigenvalue weighted by Crippen LogP contribution is -2.31. The van der Waals surface area contributed by atoms with Crippen LogP contribution in [-0.4, -0.2) is 31.1 Å². The Morgan fingerprint density at radius 3 is 2.79 bits per heavy atom. The standard InChI is InChI=1S/C20H29N5O2S/c1-5-14(4)21-17(26)8-6-7-16-22-23-20-24(11-9-13(2)3)19(27)18-15(25(16)20)10-12-28-18/h10,12-14H,5-9,11H2,1-4H3,(H,21,26)/t14-/m0/s1. The highest BCUT2D eigenvalue weighted by Crippen LogP contribution is 2.21. The second-order valence-corrected chi connectivity index (χ2v) is 8.67. The lowest BCUT2D eigenvalue weighted by atomic mass is 10.1. The number of thiophene rings is 1. The van der Waals surface area contributed by atoms with Gasteiger partial charge in [-0.2, -0.15) is 0 Å². The van der Waals surface area contributed by atoms with Crippen molar-refractivity contribution in [1.82, 2.24) is 24.5 Å². The van der Waals surface area contributed by atoms with Gasteiger partial charge in [0, 0.05) is 25.4 Å². The Labute approximate surface area is 168 Å². The number of nitrogens with zero attached hydrogens (tertiary/aromatic N) is 4. The van der Waals surface area contributed by atoms with Crippen molar-refractivity contribution in [3.05, 3.63) is 27.6 Å². The van der Waals surface area contributed by atoms with Gasteiger partial charge in [-0.15, -0.1) is 21.5 Å². The van der Waals surface area contributed by atoms with Crippen molar-refractivity contribution in [2.75, 3.05) is 0 Å². The first-order valence-corrected chi connectivity index (χ1v) is 10.9. The molecule has 3 rings (SSSR count). The van der Waals surface area contributed by atoms with Crippen molar-refractivity contribution < 1.29 is 4.79 Å². The fourth-order valence-corrected chi connectivity index (χ4v) is 4.01. The van der Waals surface area contributed by atoms with Crippen molar-refractivity contribution in [3.8, 4) is 0 Å². The molecule has 8 heteroatoms. The van der Waals surface area contributed by atoms with Gasteiger partial charge in [-0.05, 0) is 43.6 Å². The van der Waals surface area contributed by atoms with Crippen molar-refractivity contribution in [1.29, 1.82) is 0 Å². The Hall–Kier alpha value is -2.22. The summed E-state index contributed by atoms with van der Waals surface area (Å²) in [7, 11) is 0. The van der Waals surface area contributed by atoms with Gasteiger partial charge >= 0.3 is 0 Å². The second kappa shape index (κ2) is 8.86. The van der Waals surface area contributed by atoms with Gasteiger partial charge in [0.2, 0.25) is 11.7 Å². The maximum atomic E-state index is 12.9. The largest absolute Gasteiger partial charge is 0.354 e. The third kappa shape index (κ3) is 4.27. The van der Waals surface area contributed by atoms with Crippen LogP contribution >= 0.6 is 11.3 Å². The van der Waals surface area contributed by atoms with Gasteiger partial charge in [-0.1, -0.05) is 20.8 Å². The average molecular weight is 404 g/mol. The van der Waals surface area contributed by atoms with Gasteiger partial charge in [0.05, 0.1) is 5.52 Å². The molecular formula is C20H29N5O2S. The molecular weight excluding hydrogens is 374 g/mol. The van der Waals surface area contributed by atoms with Crippen LogP contribution in [0.3, 0.4) is 0 Å². The molecule has 3 aromatic heterocycles. The number of hydrogen-bond donors (Lipinski definition) is 1. The maximum absolute atomic E-state index is 12.9. The highest BCUT2D eigenvalue weighted by molar-refractivity contribution is 7.17. The fourth-order valence-electron chi connectivity index (χ4n) is 3.19. The van der Waals surface area contributed by atoms with Crippen LogP contribution in [0.25, 0.3) is 16.0 Å². The highest BCUT2D eigenvalue weighted by atomic mass is 32.1. The van der Waals surface area contributed by atoms with Crippen molar-refractivity contribution >= 4 is 33.2 Å². The number of carbonyl (C=O) groups is 1. The first-order valence-electron chi connectivity index (χ1n) is 10.1. The van der Waals surface area contributed by atoms with Crippen LogP contribution in [0.2, 0.25) is 0 Å². The summed E-state index contributed by atoms with van der Waals surface area (Å²) in [6, 6.07) is 2.14. The van der Waals surface area contributed by atoms with E-state index in [9.17, 15) is 9.59 Å². The van der Waals surface area contributed by atoms with Gasteiger partial charge in [0.1, 0.15) is 10.5 Å². The zero-order valence-corrected chi connectivity index (χ0v) is 17.9. The van der Waals surface area contributed by atoms with Gasteiger partial charge < -0.3 is 5.32 Å². The Kier molecular flexibility index (Phi) is 6.49. The average Bonchev–Trinajstić information content (AvgIpc) is 3.28. The van der Waals surface area contributed by atoms with Crippen LogP contribution in [0.5, 0.6) is 0 Å². The summed E-state index contributed by atoms with van der Waals surface area (Å²) in [6.45, 7) is 8.98. The van der Waals surface area contributed by atoms with Crippen LogP contribution in [0, 0.1) is 5.92 Å². The molecule has 0 aromatic carbocycles. The number of amides is 1. The molecule has 152 valence electrons. The molecule has 1 amide bonds. The molecule has 0 spiro atoms. The van der Waals surface area contributed by atoms with E-state index in [-0.39, 0.29) is 17.5 Å². The number of aromatic nitrogens is 4. The molecule has 3 heterocycles. The zero-order valence-electron chi connectivity index (χ0n) is 17.1. The number of aryl methyl sites for hydroxylation is 2. The van der Waals surface area contributed by atoms with Crippen LogP contribution < -0.4 is 10.9 Å². The number of nitrogens with one attached hydrogen (secondary N) is 1. The number of fused-ring (bicyclic) bond motifs is 3. The monoisotopic (exact) mass is 403 g/mol. The quantitative estimate of drug-likeness (QED) is 0.594. The smallest absolute Gasteiger partial charge is 0.272 e. The summed E-state index contributed by atoms with van der Waals surface area (Å²) >= 11 is 1.45. The van der Waals surface area contributed by atoms with Crippen molar-refractivity contribution in [3.63, 3.8) is 0 Å². The number of hydrogen-bond acceptors (Lipinski definition) is 5. The molecule has 1 atom stereocenters. The van der Waals surface area contributed by atoms with Gasteiger partial charge in [-0.25, -0.2) is 0 Å². The summed E-state index contributed by atoms with van der Waals surface area (Å²) in [6.07, 6.45) is 3.62. The maximum Gasteiger partial charge on any atom is 0.272 e. The summed E-state index contributed by atoms with van der Waals surface area (Å²) in [5.41, 5.74) is 0.861. The van der Waals surface area contributed by atoms with E-state index in [1.165, 1.54) is 11.3 Å². The molecule has 0 saturated carbocycles. The third-order valence-electron chi connectivity index (χ3n) is 5.03. The molecule has 0 aliphatic carbocycles. The molecule has 0 radical (unpaired) electrons.